The number of aromatic nitrogens is 2. The van der Waals surface area contributed by atoms with Crippen molar-refractivity contribution < 1.29 is 4.74 Å². The molecule has 1 aliphatic carbocycles. The molecular weight excluding hydrogens is 202 g/mol. The van der Waals surface area contributed by atoms with Crippen LogP contribution in [0, 0.1) is 5.92 Å². The lowest BCUT2D eigenvalue weighted by Gasteiger charge is -2.36. The molecular formula is C12H21N3O. The van der Waals surface area contributed by atoms with Crippen LogP contribution in [0.2, 0.25) is 0 Å². The minimum absolute atomic E-state index is 0.0732. The van der Waals surface area contributed by atoms with Gasteiger partial charge in [0.15, 0.2) is 0 Å². The summed E-state index contributed by atoms with van der Waals surface area (Å²) in [5, 5.41) is 0. The molecule has 0 bridgehead atoms. The summed E-state index contributed by atoms with van der Waals surface area (Å²) in [7, 11) is 1.77. The highest BCUT2D eigenvalue weighted by atomic mass is 16.5. The van der Waals surface area contributed by atoms with Crippen LogP contribution in [0.1, 0.15) is 44.5 Å². The monoisotopic (exact) mass is 223 g/mol. The molecule has 1 aromatic heterocycles. The Hall–Kier alpha value is -0.870. The lowest BCUT2D eigenvalue weighted by molar-refractivity contribution is 0.00501. The van der Waals surface area contributed by atoms with Crippen LogP contribution in [0.25, 0.3) is 0 Å². The minimum atomic E-state index is 0.0732. The molecule has 0 saturated heterocycles. The molecule has 90 valence electrons. The van der Waals surface area contributed by atoms with Gasteiger partial charge in [-0.15, -0.1) is 0 Å². The maximum atomic E-state index is 6.17. The van der Waals surface area contributed by atoms with Gasteiger partial charge in [0, 0.05) is 25.4 Å². The van der Waals surface area contributed by atoms with Crippen LogP contribution in [0.4, 0.5) is 0 Å². The van der Waals surface area contributed by atoms with Crippen LogP contribution in [-0.4, -0.2) is 22.8 Å². The van der Waals surface area contributed by atoms with Crippen molar-refractivity contribution in [3.05, 3.63) is 18.2 Å². The third-order valence-electron chi connectivity index (χ3n) is 3.55. The lowest BCUT2D eigenvalue weighted by Crippen LogP contribution is -2.34. The highest BCUT2D eigenvalue weighted by molar-refractivity contribution is 5.08. The SMILES string of the molecule is COC1CC(n2cncc2C(N)C(C)C)C1. The summed E-state index contributed by atoms with van der Waals surface area (Å²) in [5.74, 6) is 0.439. The van der Waals surface area contributed by atoms with Gasteiger partial charge < -0.3 is 15.0 Å². The third-order valence-corrected chi connectivity index (χ3v) is 3.55. The van der Waals surface area contributed by atoms with E-state index in [1.807, 2.05) is 12.5 Å². The zero-order valence-electron chi connectivity index (χ0n) is 10.3. The molecule has 0 spiro atoms. The first-order valence-electron chi connectivity index (χ1n) is 5.93. The second-order valence-corrected chi connectivity index (χ2v) is 4.98. The molecule has 1 unspecified atom stereocenters. The number of nitrogens with two attached hydrogens (primary N) is 1. The second kappa shape index (κ2) is 4.55. The fourth-order valence-electron chi connectivity index (χ4n) is 2.18. The van der Waals surface area contributed by atoms with Crippen LogP contribution in [-0.2, 0) is 4.74 Å². The number of hydrogen-bond donors (Lipinski definition) is 1. The molecule has 2 rings (SSSR count). The van der Waals surface area contributed by atoms with Gasteiger partial charge in [0.1, 0.15) is 0 Å². The fraction of sp³-hybridized carbons (Fsp3) is 0.750. The predicted molar refractivity (Wildman–Crippen MR) is 63.1 cm³/mol. The molecule has 1 aliphatic rings. The van der Waals surface area contributed by atoms with Crippen molar-refractivity contribution in [2.75, 3.05) is 7.11 Å². The first-order chi connectivity index (χ1) is 7.63. The van der Waals surface area contributed by atoms with Gasteiger partial charge in [0.25, 0.3) is 0 Å². The average Bonchev–Trinajstić information content (AvgIpc) is 2.63. The standard InChI is InChI=1S/C12H21N3O/c1-8(2)12(13)11-6-14-7-15(11)9-4-10(5-9)16-3/h6-10,12H,4-5,13H2,1-3H3. The third kappa shape index (κ3) is 1.99. The number of methoxy groups -OCH3 is 1. The van der Waals surface area contributed by atoms with E-state index in [-0.39, 0.29) is 6.04 Å². The Bertz CT molecular complexity index is 342. The van der Waals surface area contributed by atoms with E-state index in [0.717, 1.165) is 18.5 Å². The van der Waals surface area contributed by atoms with E-state index in [0.29, 0.717) is 18.1 Å². The number of imidazole rings is 1. The predicted octanol–water partition coefficient (Wildman–Crippen LogP) is 1.89. The topological polar surface area (TPSA) is 53.1 Å². The normalized spacial score (nSPS) is 26.8. The van der Waals surface area contributed by atoms with Crippen molar-refractivity contribution in [1.29, 1.82) is 0 Å². The Morgan fingerprint density at radius 1 is 1.50 bits per heavy atom. The van der Waals surface area contributed by atoms with Crippen molar-refractivity contribution in [2.45, 2.75) is 44.9 Å². The summed E-state index contributed by atoms with van der Waals surface area (Å²) in [6.07, 6.45) is 6.35. The first-order valence-corrected chi connectivity index (χ1v) is 5.93. The van der Waals surface area contributed by atoms with Crippen molar-refractivity contribution >= 4 is 0 Å². The van der Waals surface area contributed by atoms with Gasteiger partial charge in [0.05, 0.1) is 18.1 Å². The summed E-state index contributed by atoms with van der Waals surface area (Å²) < 4.78 is 7.52. The Labute approximate surface area is 96.8 Å². The Morgan fingerprint density at radius 3 is 2.75 bits per heavy atom. The van der Waals surface area contributed by atoms with E-state index in [1.165, 1.54) is 0 Å². The molecule has 0 amide bonds. The van der Waals surface area contributed by atoms with Crippen molar-refractivity contribution in [3.63, 3.8) is 0 Å². The molecule has 1 atom stereocenters. The highest BCUT2D eigenvalue weighted by Gasteiger charge is 2.32. The zero-order chi connectivity index (χ0) is 11.7. The second-order valence-electron chi connectivity index (χ2n) is 4.98. The van der Waals surface area contributed by atoms with Crippen LogP contribution >= 0.6 is 0 Å². The summed E-state index contributed by atoms with van der Waals surface area (Å²) in [6, 6.07) is 0.594. The zero-order valence-corrected chi connectivity index (χ0v) is 10.3. The van der Waals surface area contributed by atoms with E-state index in [9.17, 15) is 0 Å². The van der Waals surface area contributed by atoms with Crippen molar-refractivity contribution in [1.82, 2.24) is 9.55 Å². The Kier molecular flexibility index (Phi) is 3.30. The quantitative estimate of drug-likeness (QED) is 0.848. The van der Waals surface area contributed by atoms with Crippen LogP contribution in [0.5, 0.6) is 0 Å². The molecule has 1 fully saturated rings. The van der Waals surface area contributed by atoms with Crippen molar-refractivity contribution in [3.8, 4) is 0 Å². The van der Waals surface area contributed by atoms with Gasteiger partial charge in [-0.1, -0.05) is 13.8 Å². The van der Waals surface area contributed by atoms with E-state index in [1.54, 1.807) is 7.11 Å². The number of hydrogen-bond acceptors (Lipinski definition) is 3. The smallest absolute Gasteiger partial charge is 0.0951 e. The maximum Gasteiger partial charge on any atom is 0.0951 e. The Morgan fingerprint density at radius 2 is 2.19 bits per heavy atom. The van der Waals surface area contributed by atoms with Gasteiger partial charge in [-0.2, -0.15) is 0 Å². The summed E-state index contributed by atoms with van der Waals surface area (Å²) >= 11 is 0. The Balaban J connectivity index is 2.08. The summed E-state index contributed by atoms with van der Waals surface area (Å²) in [5.41, 5.74) is 7.32. The molecule has 1 heterocycles. The molecule has 0 aliphatic heterocycles. The highest BCUT2D eigenvalue weighted by Crippen LogP contribution is 2.36. The molecule has 4 heteroatoms. The van der Waals surface area contributed by atoms with Crippen LogP contribution < -0.4 is 5.73 Å². The lowest BCUT2D eigenvalue weighted by atomic mass is 9.88. The van der Waals surface area contributed by atoms with Crippen LogP contribution in [0.3, 0.4) is 0 Å². The molecule has 0 radical (unpaired) electrons. The summed E-state index contributed by atoms with van der Waals surface area (Å²) in [6.45, 7) is 4.28. The van der Waals surface area contributed by atoms with E-state index in [2.05, 4.69) is 23.4 Å². The minimum Gasteiger partial charge on any atom is -0.381 e. The molecule has 1 saturated carbocycles. The summed E-state index contributed by atoms with van der Waals surface area (Å²) in [4.78, 5) is 4.22. The average molecular weight is 223 g/mol. The first kappa shape index (κ1) is 11.6. The molecule has 2 N–H and O–H groups in total. The van der Waals surface area contributed by atoms with E-state index < -0.39 is 0 Å². The fourth-order valence-corrected chi connectivity index (χ4v) is 2.18. The largest absolute Gasteiger partial charge is 0.381 e. The van der Waals surface area contributed by atoms with Gasteiger partial charge >= 0.3 is 0 Å². The maximum absolute atomic E-state index is 6.17. The van der Waals surface area contributed by atoms with E-state index in [4.69, 9.17) is 10.5 Å². The molecule has 4 nitrogen and oxygen atoms in total. The molecule has 1 aromatic rings. The number of ether oxygens (including phenoxy) is 1. The van der Waals surface area contributed by atoms with Gasteiger partial charge in [0.2, 0.25) is 0 Å². The van der Waals surface area contributed by atoms with Crippen LogP contribution in [0.15, 0.2) is 12.5 Å². The van der Waals surface area contributed by atoms with Gasteiger partial charge in [-0.05, 0) is 18.8 Å². The van der Waals surface area contributed by atoms with Crippen molar-refractivity contribution in [2.24, 2.45) is 11.7 Å². The number of nitrogens with zero attached hydrogens (tertiary/aromatic N) is 2. The van der Waals surface area contributed by atoms with E-state index >= 15 is 0 Å². The van der Waals surface area contributed by atoms with Gasteiger partial charge in [-0.25, -0.2) is 4.98 Å². The molecule has 16 heavy (non-hydrogen) atoms. The molecule has 0 aromatic carbocycles. The van der Waals surface area contributed by atoms with Gasteiger partial charge in [-0.3, -0.25) is 0 Å². The number of rotatable bonds is 4.